The van der Waals surface area contributed by atoms with Crippen LogP contribution in [-0.4, -0.2) is 41.8 Å². The van der Waals surface area contributed by atoms with Gasteiger partial charge in [0.05, 0.1) is 23.9 Å². The molecule has 3 aliphatic rings. The summed E-state index contributed by atoms with van der Waals surface area (Å²) in [5.74, 6) is 1.05. The fourth-order valence-electron chi connectivity index (χ4n) is 4.25. The predicted molar refractivity (Wildman–Crippen MR) is 99.4 cm³/mol. The molecule has 0 N–H and O–H groups in total. The minimum atomic E-state index is -0.470. The molecule has 146 valence electrons. The molecule has 0 amide bonds. The number of hydrogen-bond acceptors (Lipinski definition) is 7. The quantitative estimate of drug-likeness (QED) is 0.495. The predicted octanol–water partition coefficient (Wildman–Crippen LogP) is 1.29. The Morgan fingerprint density at radius 1 is 1.07 bits per heavy atom. The van der Waals surface area contributed by atoms with Crippen molar-refractivity contribution >= 4 is 5.71 Å². The third-order valence-electron chi connectivity index (χ3n) is 5.71. The largest absolute Gasteiger partial charge is 0.539 e. The maximum absolute atomic E-state index is 12.6. The van der Waals surface area contributed by atoms with Crippen LogP contribution in [0.1, 0.15) is 22.9 Å². The molecule has 8 heteroatoms. The second kappa shape index (κ2) is 6.05. The fraction of sp³-hybridized carbons (Fsp3) is 0.286. The first kappa shape index (κ1) is 16.6. The van der Waals surface area contributed by atoms with Crippen LogP contribution in [0.15, 0.2) is 52.0 Å². The summed E-state index contributed by atoms with van der Waals surface area (Å²) >= 11 is 0. The lowest BCUT2D eigenvalue weighted by atomic mass is 10.0. The van der Waals surface area contributed by atoms with Crippen LogP contribution in [0.3, 0.4) is 0 Å². The standard InChI is InChI=1S/C21H18N4O4/c1-12-2-5-14(6-3-12)25-20(21(26)29-23-25)17-19-18(24(19)9-8-22-17)13-4-7-15-16(10-13)28-11-27-15/h2-7,10,18-19H,8-9,11H2,1H3. The van der Waals surface area contributed by atoms with Crippen molar-refractivity contribution in [3.63, 3.8) is 0 Å². The van der Waals surface area contributed by atoms with E-state index < -0.39 is 5.95 Å². The molecule has 1 saturated heterocycles. The minimum Gasteiger partial charge on any atom is -0.539 e. The van der Waals surface area contributed by atoms with E-state index in [1.807, 2.05) is 49.4 Å². The maximum atomic E-state index is 12.6. The maximum Gasteiger partial charge on any atom is 0.286 e. The number of aryl methyl sites for hydroxylation is 1. The molecule has 1 aromatic heterocycles. The van der Waals surface area contributed by atoms with E-state index in [0.29, 0.717) is 12.2 Å². The van der Waals surface area contributed by atoms with Gasteiger partial charge in [-0.3, -0.25) is 9.89 Å². The lowest BCUT2D eigenvalue weighted by Gasteiger charge is -2.09. The average Bonchev–Trinajstić information content (AvgIpc) is 3.08. The molecule has 29 heavy (non-hydrogen) atoms. The van der Waals surface area contributed by atoms with E-state index in [4.69, 9.17) is 19.0 Å². The van der Waals surface area contributed by atoms with Crippen molar-refractivity contribution in [2.75, 3.05) is 19.9 Å². The summed E-state index contributed by atoms with van der Waals surface area (Å²) in [4.78, 5) is 7.03. The lowest BCUT2D eigenvalue weighted by molar-refractivity contribution is -0.671. The molecule has 3 aromatic rings. The molecule has 1 fully saturated rings. The molecule has 8 nitrogen and oxygen atoms in total. The van der Waals surface area contributed by atoms with Gasteiger partial charge in [0.1, 0.15) is 5.71 Å². The zero-order valence-electron chi connectivity index (χ0n) is 15.7. The van der Waals surface area contributed by atoms with Gasteiger partial charge in [0.25, 0.3) is 5.69 Å². The topological polar surface area (TPSA) is 86.8 Å². The highest BCUT2D eigenvalue weighted by molar-refractivity contribution is 6.06. The van der Waals surface area contributed by atoms with E-state index in [1.54, 1.807) is 4.68 Å². The van der Waals surface area contributed by atoms with Crippen molar-refractivity contribution in [1.82, 2.24) is 10.2 Å². The van der Waals surface area contributed by atoms with Gasteiger partial charge >= 0.3 is 0 Å². The number of hydrogen-bond donors (Lipinski definition) is 0. The van der Waals surface area contributed by atoms with Crippen molar-refractivity contribution in [1.29, 1.82) is 0 Å². The second-order valence-electron chi connectivity index (χ2n) is 7.46. The zero-order valence-corrected chi connectivity index (χ0v) is 15.7. The Labute approximate surface area is 166 Å². The van der Waals surface area contributed by atoms with E-state index in [2.05, 4.69) is 10.2 Å². The van der Waals surface area contributed by atoms with E-state index in [1.165, 1.54) is 0 Å². The van der Waals surface area contributed by atoms with Gasteiger partial charge in [-0.1, -0.05) is 23.8 Å². The summed E-state index contributed by atoms with van der Waals surface area (Å²) in [6.07, 6.45) is 0. The Morgan fingerprint density at radius 3 is 2.76 bits per heavy atom. The molecular weight excluding hydrogens is 372 g/mol. The van der Waals surface area contributed by atoms with Gasteiger partial charge in [-0.2, -0.15) is 0 Å². The average molecular weight is 390 g/mol. The van der Waals surface area contributed by atoms with Gasteiger partial charge in [-0.25, -0.2) is 0 Å². The molecule has 3 aliphatic heterocycles. The van der Waals surface area contributed by atoms with Crippen LogP contribution in [0.2, 0.25) is 0 Å². The summed E-state index contributed by atoms with van der Waals surface area (Å²) in [7, 11) is 0. The Kier molecular flexibility index (Phi) is 3.45. The highest BCUT2D eigenvalue weighted by Gasteiger charge is 2.56. The molecule has 0 bridgehead atoms. The van der Waals surface area contributed by atoms with Crippen molar-refractivity contribution in [2.45, 2.75) is 19.0 Å². The highest BCUT2D eigenvalue weighted by Crippen LogP contribution is 2.48. The molecule has 0 saturated carbocycles. The third kappa shape index (κ3) is 2.52. The summed E-state index contributed by atoms with van der Waals surface area (Å²) in [6, 6.07) is 14.0. The van der Waals surface area contributed by atoms with Crippen LogP contribution in [0.5, 0.6) is 17.4 Å². The summed E-state index contributed by atoms with van der Waals surface area (Å²) in [5.41, 5.74) is 4.15. The smallest absolute Gasteiger partial charge is 0.286 e. The number of aliphatic imine (C=N–C) groups is 1. The monoisotopic (exact) mass is 390 g/mol. The first-order valence-electron chi connectivity index (χ1n) is 9.57. The first-order valence-corrected chi connectivity index (χ1v) is 9.57. The molecule has 0 aliphatic carbocycles. The third-order valence-corrected chi connectivity index (χ3v) is 5.71. The molecule has 3 atom stereocenters. The van der Waals surface area contributed by atoms with Crippen molar-refractivity contribution < 1.29 is 23.8 Å². The molecule has 4 heterocycles. The number of benzene rings is 2. The number of fused-ring (bicyclic) bond motifs is 2. The van der Waals surface area contributed by atoms with E-state index >= 15 is 0 Å². The summed E-state index contributed by atoms with van der Waals surface area (Å²) in [6.45, 7) is 3.74. The Morgan fingerprint density at radius 2 is 1.90 bits per heavy atom. The SMILES string of the molecule is Cc1ccc(-[n+]2noc([O-])c2C2=NCCN3C2C3c2ccc3c(c2)OCO3)cc1. The molecule has 2 aromatic carbocycles. The van der Waals surface area contributed by atoms with Crippen LogP contribution in [0.25, 0.3) is 5.69 Å². The van der Waals surface area contributed by atoms with E-state index in [0.717, 1.165) is 40.6 Å². The van der Waals surface area contributed by atoms with Crippen molar-refractivity contribution in [3.8, 4) is 23.1 Å². The van der Waals surface area contributed by atoms with Crippen molar-refractivity contribution in [3.05, 3.63) is 59.3 Å². The number of rotatable bonds is 3. The number of aromatic nitrogens is 2. The van der Waals surface area contributed by atoms with E-state index in [9.17, 15) is 5.11 Å². The molecule has 0 radical (unpaired) electrons. The van der Waals surface area contributed by atoms with Gasteiger partial charge in [0.15, 0.2) is 17.4 Å². The van der Waals surface area contributed by atoms with Gasteiger partial charge < -0.3 is 19.1 Å². The van der Waals surface area contributed by atoms with Crippen LogP contribution in [-0.2, 0) is 0 Å². The van der Waals surface area contributed by atoms with Gasteiger partial charge in [0.2, 0.25) is 12.5 Å². The first-order chi connectivity index (χ1) is 14.2. The second-order valence-corrected chi connectivity index (χ2v) is 7.46. The lowest BCUT2D eigenvalue weighted by Crippen LogP contribution is -2.41. The zero-order chi connectivity index (χ0) is 19.5. The molecule has 0 spiro atoms. The Hall–Kier alpha value is -3.39. The Balaban J connectivity index is 1.38. The summed E-state index contributed by atoms with van der Waals surface area (Å²) < 4.78 is 17.5. The van der Waals surface area contributed by atoms with Gasteiger partial charge in [-0.15, -0.1) is 0 Å². The molecular formula is C21H18N4O4. The van der Waals surface area contributed by atoms with Crippen LogP contribution in [0, 0.1) is 6.92 Å². The van der Waals surface area contributed by atoms with E-state index in [-0.39, 0.29) is 18.9 Å². The minimum absolute atomic E-state index is 0.0212. The van der Waals surface area contributed by atoms with Crippen LogP contribution < -0.4 is 19.3 Å². The summed E-state index contributed by atoms with van der Waals surface area (Å²) in [5, 5.41) is 16.5. The van der Waals surface area contributed by atoms with Crippen LogP contribution >= 0.6 is 0 Å². The normalized spacial score (nSPS) is 24.2. The van der Waals surface area contributed by atoms with Crippen LogP contribution in [0.4, 0.5) is 0 Å². The Bertz CT molecular complexity index is 1140. The molecule has 3 unspecified atom stereocenters. The molecule has 6 rings (SSSR count). The number of ether oxygens (including phenoxy) is 2. The highest BCUT2D eigenvalue weighted by atomic mass is 16.7. The fourth-order valence-corrected chi connectivity index (χ4v) is 4.25. The van der Waals surface area contributed by atoms with Gasteiger partial charge in [-0.05, 0) is 29.3 Å². The van der Waals surface area contributed by atoms with Gasteiger partial charge in [0, 0.05) is 18.7 Å². The van der Waals surface area contributed by atoms with Crippen molar-refractivity contribution in [2.24, 2.45) is 4.99 Å². The number of nitrogens with zero attached hydrogens (tertiary/aromatic N) is 4.